The first kappa shape index (κ1) is 15.8. The molecule has 0 aliphatic carbocycles. The molecule has 4 nitrogen and oxygen atoms in total. The Labute approximate surface area is 126 Å². The zero-order valence-electron chi connectivity index (χ0n) is 13.1. The molecule has 1 aromatic carbocycles. The number of hydrogen-bond acceptors (Lipinski definition) is 3. The van der Waals surface area contributed by atoms with Crippen molar-refractivity contribution in [1.29, 1.82) is 0 Å². The van der Waals surface area contributed by atoms with Crippen LogP contribution in [0, 0.1) is 5.92 Å². The molecule has 1 saturated heterocycles. The second-order valence-electron chi connectivity index (χ2n) is 6.67. The topological polar surface area (TPSA) is 49.8 Å². The number of amides is 1. The molecule has 1 heterocycles. The minimum absolute atomic E-state index is 0.0213. The molecule has 1 aliphatic heterocycles. The Balaban J connectivity index is 2.19. The van der Waals surface area contributed by atoms with E-state index in [2.05, 4.69) is 0 Å². The molecule has 2 rings (SSSR count). The quantitative estimate of drug-likeness (QED) is 0.909. The van der Waals surface area contributed by atoms with E-state index in [1.165, 1.54) is 0 Å². The zero-order valence-corrected chi connectivity index (χ0v) is 13.1. The molecule has 4 heteroatoms. The van der Waals surface area contributed by atoms with Crippen LogP contribution in [0.4, 0.5) is 4.79 Å². The largest absolute Gasteiger partial charge is 0.444 e. The summed E-state index contributed by atoms with van der Waals surface area (Å²) >= 11 is 0. The Hall–Kier alpha value is -1.55. The Morgan fingerprint density at radius 2 is 2.00 bits per heavy atom. The molecule has 0 unspecified atom stereocenters. The molecule has 1 aliphatic rings. The molecule has 0 spiro atoms. The van der Waals surface area contributed by atoms with Crippen molar-refractivity contribution >= 4 is 6.09 Å². The van der Waals surface area contributed by atoms with Crippen LogP contribution in [0.15, 0.2) is 30.3 Å². The smallest absolute Gasteiger partial charge is 0.410 e. The molecule has 0 radical (unpaired) electrons. The van der Waals surface area contributed by atoms with Gasteiger partial charge in [-0.15, -0.1) is 0 Å². The molecule has 1 aromatic rings. The molecule has 1 N–H and O–H groups in total. The standard InChI is InChI=1S/C17H25NO3/c1-17(2,3)21-16(20)18-10-9-13(12-19)11-15(18)14-7-5-4-6-8-14/h4-8,13,15,19H,9-12H2,1-3H3/t13-,15+/m1/s1. The molecule has 116 valence electrons. The Kier molecular flexibility index (Phi) is 4.88. The first-order valence-corrected chi connectivity index (χ1v) is 7.56. The summed E-state index contributed by atoms with van der Waals surface area (Å²) < 4.78 is 5.52. The lowest BCUT2D eigenvalue weighted by molar-refractivity contribution is 0.000306. The molecule has 1 amide bonds. The van der Waals surface area contributed by atoms with Crippen LogP contribution < -0.4 is 0 Å². The number of hydrogen-bond donors (Lipinski definition) is 1. The van der Waals surface area contributed by atoms with E-state index in [9.17, 15) is 9.90 Å². The van der Waals surface area contributed by atoms with Crippen LogP contribution in [-0.2, 0) is 4.74 Å². The van der Waals surface area contributed by atoms with Gasteiger partial charge in [-0.3, -0.25) is 0 Å². The Morgan fingerprint density at radius 3 is 2.57 bits per heavy atom. The second-order valence-corrected chi connectivity index (χ2v) is 6.67. The van der Waals surface area contributed by atoms with Gasteiger partial charge in [-0.1, -0.05) is 30.3 Å². The summed E-state index contributed by atoms with van der Waals surface area (Å²) in [6.45, 7) is 6.43. The van der Waals surface area contributed by atoms with Crippen molar-refractivity contribution in [3.05, 3.63) is 35.9 Å². The lowest BCUT2D eigenvalue weighted by Gasteiger charge is -2.39. The van der Waals surface area contributed by atoms with E-state index >= 15 is 0 Å². The predicted octanol–water partition coefficient (Wildman–Crippen LogP) is 3.37. The van der Waals surface area contributed by atoms with Crippen LogP contribution >= 0.6 is 0 Å². The lowest BCUT2D eigenvalue weighted by atomic mass is 9.88. The van der Waals surface area contributed by atoms with Gasteiger partial charge in [0.05, 0.1) is 6.04 Å². The van der Waals surface area contributed by atoms with Crippen LogP contribution in [0.1, 0.15) is 45.2 Å². The number of likely N-dealkylation sites (tertiary alicyclic amines) is 1. The fourth-order valence-electron chi connectivity index (χ4n) is 2.73. The van der Waals surface area contributed by atoms with Gasteiger partial charge < -0.3 is 14.7 Å². The highest BCUT2D eigenvalue weighted by atomic mass is 16.6. The van der Waals surface area contributed by atoms with Gasteiger partial charge in [-0.05, 0) is 45.1 Å². The molecule has 0 bridgehead atoms. The zero-order chi connectivity index (χ0) is 15.5. The SMILES string of the molecule is CC(C)(C)OC(=O)N1CC[C@@H](CO)C[C@H]1c1ccccc1. The maximum atomic E-state index is 12.4. The summed E-state index contributed by atoms with van der Waals surface area (Å²) in [6.07, 6.45) is 1.33. The number of rotatable bonds is 2. The fourth-order valence-corrected chi connectivity index (χ4v) is 2.73. The maximum Gasteiger partial charge on any atom is 0.410 e. The number of piperidine rings is 1. The first-order chi connectivity index (χ1) is 9.90. The van der Waals surface area contributed by atoms with Gasteiger partial charge in [0.15, 0.2) is 0 Å². The number of carbonyl (C=O) groups excluding carboxylic acids is 1. The van der Waals surface area contributed by atoms with Gasteiger partial charge >= 0.3 is 6.09 Å². The third-order valence-electron chi connectivity index (χ3n) is 3.78. The van der Waals surface area contributed by atoms with Gasteiger partial charge in [0.1, 0.15) is 5.60 Å². The number of benzene rings is 1. The summed E-state index contributed by atoms with van der Waals surface area (Å²) in [7, 11) is 0. The summed E-state index contributed by atoms with van der Waals surface area (Å²) in [6, 6.07) is 9.96. The molecule has 21 heavy (non-hydrogen) atoms. The van der Waals surface area contributed by atoms with Gasteiger partial charge in [0.2, 0.25) is 0 Å². The summed E-state index contributed by atoms with van der Waals surface area (Å²) in [4.78, 5) is 14.2. The number of carbonyl (C=O) groups is 1. The van der Waals surface area contributed by atoms with Crippen LogP contribution in [0.25, 0.3) is 0 Å². The molecular weight excluding hydrogens is 266 g/mol. The van der Waals surface area contributed by atoms with Crippen molar-refractivity contribution in [3.63, 3.8) is 0 Å². The van der Waals surface area contributed by atoms with Gasteiger partial charge in [0.25, 0.3) is 0 Å². The van der Waals surface area contributed by atoms with Crippen molar-refractivity contribution in [1.82, 2.24) is 4.90 Å². The normalized spacial score (nSPS) is 23.0. The number of nitrogens with zero attached hydrogens (tertiary/aromatic N) is 1. The van der Waals surface area contributed by atoms with Crippen molar-refractivity contribution in [2.24, 2.45) is 5.92 Å². The lowest BCUT2D eigenvalue weighted by Crippen LogP contribution is -2.44. The monoisotopic (exact) mass is 291 g/mol. The van der Waals surface area contributed by atoms with E-state index in [0.717, 1.165) is 18.4 Å². The van der Waals surface area contributed by atoms with Crippen LogP contribution in [0.5, 0.6) is 0 Å². The van der Waals surface area contributed by atoms with Gasteiger partial charge in [0, 0.05) is 13.2 Å². The van der Waals surface area contributed by atoms with Gasteiger partial charge in [-0.2, -0.15) is 0 Å². The van der Waals surface area contributed by atoms with Crippen molar-refractivity contribution < 1.29 is 14.6 Å². The summed E-state index contributed by atoms with van der Waals surface area (Å²) in [5, 5.41) is 9.43. The van der Waals surface area contributed by atoms with Crippen molar-refractivity contribution in [2.45, 2.75) is 45.3 Å². The maximum absolute atomic E-state index is 12.4. The minimum atomic E-state index is -0.494. The van der Waals surface area contributed by atoms with E-state index in [4.69, 9.17) is 4.74 Å². The molecular formula is C17H25NO3. The Bertz CT molecular complexity index is 467. The van der Waals surface area contributed by atoms with Crippen molar-refractivity contribution in [2.75, 3.05) is 13.2 Å². The summed E-state index contributed by atoms with van der Waals surface area (Å²) in [5.74, 6) is 0.244. The van der Waals surface area contributed by atoms with E-state index in [1.54, 1.807) is 4.90 Å². The highest BCUT2D eigenvalue weighted by Crippen LogP contribution is 2.34. The van der Waals surface area contributed by atoms with Crippen LogP contribution in [-0.4, -0.2) is 34.9 Å². The third-order valence-corrected chi connectivity index (χ3v) is 3.78. The third kappa shape index (κ3) is 4.21. The van der Waals surface area contributed by atoms with E-state index in [-0.39, 0.29) is 24.7 Å². The van der Waals surface area contributed by atoms with Crippen LogP contribution in [0.3, 0.4) is 0 Å². The highest BCUT2D eigenvalue weighted by Gasteiger charge is 2.34. The fraction of sp³-hybridized carbons (Fsp3) is 0.588. The number of aliphatic hydroxyl groups excluding tert-OH is 1. The average Bonchev–Trinajstić information content (AvgIpc) is 2.45. The van der Waals surface area contributed by atoms with E-state index in [0.29, 0.717) is 6.54 Å². The molecule has 0 saturated carbocycles. The summed E-state index contributed by atoms with van der Waals surface area (Å²) in [5.41, 5.74) is 0.605. The second kappa shape index (κ2) is 6.48. The molecule has 1 fully saturated rings. The molecule has 0 aromatic heterocycles. The van der Waals surface area contributed by atoms with Crippen molar-refractivity contribution in [3.8, 4) is 0 Å². The molecule has 2 atom stereocenters. The van der Waals surface area contributed by atoms with E-state index < -0.39 is 5.60 Å². The van der Waals surface area contributed by atoms with E-state index in [1.807, 2.05) is 51.1 Å². The van der Waals surface area contributed by atoms with Crippen LogP contribution in [0.2, 0.25) is 0 Å². The van der Waals surface area contributed by atoms with Gasteiger partial charge in [-0.25, -0.2) is 4.79 Å². The first-order valence-electron chi connectivity index (χ1n) is 7.56. The predicted molar refractivity (Wildman–Crippen MR) is 81.9 cm³/mol. The highest BCUT2D eigenvalue weighted by molar-refractivity contribution is 5.69. The average molecular weight is 291 g/mol. The number of ether oxygens (including phenoxy) is 1. The number of aliphatic hydroxyl groups is 1. The minimum Gasteiger partial charge on any atom is -0.444 e. The Morgan fingerprint density at radius 1 is 1.33 bits per heavy atom.